The summed E-state index contributed by atoms with van der Waals surface area (Å²) in [5.74, 6) is -0.676. The summed E-state index contributed by atoms with van der Waals surface area (Å²) in [5.41, 5.74) is 1.95. The molecule has 1 unspecified atom stereocenters. The van der Waals surface area contributed by atoms with E-state index >= 15 is 0 Å². The molecule has 1 aliphatic rings. The van der Waals surface area contributed by atoms with Crippen LogP contribution in [0.1, 0.15) is 12.0 Å². The van der Waals surface area contributed by atoms with Gasteiger partial charge in [-0.15, -0.1) is 0 Å². The maximum Gasteiger partial charge on any atom is 0.311 e. The van der Waals surface area contributed by atoms with Crippen molar-refractivity contribution in [1.82, 2.24) is 0 Å². The Bertz CT molecular complexity index is 501. The Kier molecular flexibility index (Phi) is 3.89. The maximum atomic E-state index is 12.0. The molecule has 0 N–H and O–H groups in total. The summed E-state index contributed by atoms with van der Waals surface area (Å²) >= 11 is 2.24. The minimum atomic E-state index is -0.347. The van der Waals surface area contributed by atoms with Crippen LogP contribution in [0.4, 0.5) is 5.69 Å². The monoisotopic (exact) mass is 359 g/mol. The zero-order valence-electron chi connectivity index (χ0n) is 10.3. The number of hydrogen-bond acceptors (Lipinski definition) is 3. The molecule has 0 aliphatic carbocycles. The highest BCUT2D eigenvalue weighted by molar-refractivity contribution is 14.1. The van der Waals surface area contributed by atoms with E-state index in [2.05, 4.69) is 22.6 Å². The first-order chi connectivity index (χ1) is 8.54. The summed E-state index contributed by atoms with van der Waals surface area (Å²) in [7, 11) is 1.35. The lowest BCUT2D eigenvalue weighted by Gasteiger charge is -2.19. The van der Waals surface area contributed by atoms with Crippen molar-refractivity contribution < 1.29 is 14.3 Å². The highest BCUT2D eigenvalue weighted by Crippen LogP contribution is 2.30. The van der Waals surface area contributed by atoms with Crippen LogP contribution in [0.2, 0.25) is 0 Å². The average Bonchev–Trinajstić information content (AvgIpc) is 2.74. The number of anilines is 1. The van der Waals surface area contributed by atoms with Crippen LogP contribution in [0.5, 0.6) is 0 Å². The largest absolute Gasteiger partial charge is 0.469 e. The van der Waals surface area contributed by atoms with Gasteiger partial charge in [0.1, 0.15) is 0 Å². The Hall–Kier alpha value is -1.11. The molecule has 4 nitrogen and oxygen atoms in total. The highest BCUT2D eigenvalue weighted by atomic mass is 127. The maximum absolute atomic E-state index is 12.0. The van der Waals surface area contributed by atoms with Crippen LogP contribution in [0.3, 0.4) is 0 Å². The van der Waals surface area contributed by atoms with Gasteiger partial charge in [-0.25, -0.2) is 0 Å². The lowest BCUT2D eigenvalue weighted by atomic mass is 10.1. The van der Waals surface area contributed by atoms with Gasteiger partial charge < -0.3 is 9.64 Å². The topological polar surface area (TPSA) is 46.6 Å². The molecule has 1 aromatic rings. The number of carbonyl (C=O) groups excluding carboxylic acids is 2. The summed E-state index contributed by atoms with van der Waals surface area (Å²) in [5, 5.41) is 0. The van der Waals surface area contributed by atoms with Gasteiger partial charge in [-0.05, 0) is 47.2 Å². The molecule has 1 aromatic carbocycles. The molecule has 1 fully saturated rings. The van der Waals surface area contributed by atoms with E-state index in [1.54, 1.807) is 4.90 Å². The second kappa shape index (κ2) is 5.26. The van der Waals surface area contributed by atoms with E-state index in [0.29, 0.717) is 6.54 Å². The Balaban J connectivity index is 2.27. The summed E-state index contributed by atoms with van der Waals surface area (Å²) in [6, 6.07) is 5.83. The van der Waals surface area contributed by atoms with Gasteiger partial charge in [0.05, 0.1) is 13.0 Å². The molecule has 1 atom stereocenters. The lowest BCUT2D eigenvalue weighted by molar-refractivity contribution is -0.145. The molecule has 1 heterocycles. The number of halogens is 1. The number of nitrogens with zero attached hydrogens (tertiary/aromatic N) is 1. The van der Waals surface area contributed by atoms with Crippen LogP contribution >= 0.6 is 22.6 Å². The number of rotatable bonds is 2. The Morgan fingerprint density at radius 2 is 2.22 bits per heavy atom. The van der Waals surface area contributed by atoms with Crippen molar-refractivity contribution in [1.29, 1.82) is 0 Å². The van der Waals surface area contributed by atoms with Crippen LogP contribution in [0, 0.1) is 16.4 Å². The van der Waals surface area contributed by atoms with E-state index in [-0.39, 0.29) is 24.2 Å². The smallest absolute Gasteiger partial charge is 0.311 e. The number of benzene rings is 1. The minimum absolute atomic E-state index is 0.0181. The van der Waals surface area contributed by atoms with Gasteiger partial charge in [0.15, 0.2) is 0 Å². The van der Waals surface area contributed by atoms with Gasteiger partial charge in [-0.3, -0.25) is 9.59 Å². The highest BCUT2D eigenvalue weighted by Gasteiger charge is 2.36. The number of hydrogen-bond donors (Lipinski definition) is 0. The lowest BCUT2D eigenvalue weighted by Crippen LogP contribution is -2.27. The summed E-state index contributed by atoms with van der Waals surface area (Å²) in [6.45, 7) is 2.39. The Labute approximate surface area is 119 Å². The molecule has 0 radical (unpaired) electrons. The van der Waals surface area contributed by atoms with E-state index < -0.39 is 0 Å². The number of methoxy groups -OCH3 is 1. The standard InChI is InChI=1S/C13H14INO3/c1-8-10(14)4-3-5-11(8)15-7-9(6-12(15)16)13(17)18-2/h3-5,9H,6-7H2,1-2H3. The van der Waals surface area contributed by atoms with Gasteiger partial charge in [0, 0.05) is 22.2 Å². The molecule has 1 saturated heterocycles. The zero-order chi connectivity index (χ0) is 13.3. The van der Waals surface area contributed by atoms with E-state index in [4.69, 9.17) is 4.74 Å². The zero-order valence-corrected chi connectivity index (χ0v) is 12.4. The number of amides is 1. The van der Waals surface area contributed by atoms with Crippen LogP contribution < -0.4 is 4.90 Å². The first kappa shape index (κ1) is 13.3. The molecular weight excluding hydrogens is 345 g/mol. The number of carbonyl (C=O) groups is 2. The molecule has 1 amide bonds. The Morgan fingerprint density at radius 1 is 1.50 bits per heavy atom. The minimum Gasteiger partial charge on any atom is -0.469 e. The van der Waals surface area contributed by atoms with Crippen molar-refractivity contribution in [3.63, 3.8) is 0 Å². The van der Waals surface area contributed by atoms with E-state index in [1.807, 2.05) is 25.1 Å². The summed E-state index contributed by atoms with van der Waals surface area (Å²) < 4.78 is 5.81. The molecule has 0 spiro atoms. The van der Waals surface area contributed by atoms with Crippen molar-refractivity contribution in [2.24, 2.45) is 5.92 Å². The molecule has 0 aromatic heterocycles. The average molecular weight is 359 g/mol. The van der Waals surface area contributed by atoms with Crippen LogP contribution in [0.15, 0.2) is 18.2 Å². The molecule has 96 valence electrons. The van der Waals surface area contributed by atoms with Gasteiger partial charge in [-0.1, -0.05) is 6.07 Å². The quantitative estimate of drug-likeness (QED) is 0.601. The first-order valence-electron chi connectivity index (χ1n) is 5.68. The SMILES string of the molecule is COC(=O)C1CC(=O)N(c2cccc(I)c2C)C1. The molecule has 2 rings (SSSR count). The van der Waals surface area contributed by atoms with Crippen molar-refractivity contribution in [3.05, 3.63) is 27.3 Å². The predicted molar refractivity (Wildman–Crippen MR) is 76.4 cm³/mol. The van der Waals surface area contributed by atoms with Crippen LogP contribution in [0.25, 0.3) is 0 Å². The summed E-state index contributed by atoms with van der Waals surface area (Å²) in [4.78, 5) is 25.2. The van der Waals surface area contributed by atoms with Gasteiger partial charge in [-0.2, -0.15) is 0 Å². The van der Waals surface area contributed by atoms with E-state index in [0.717, 1.165) is 14.8 Å². The predicted octanol–water partition coefficient (Wildman–Crippen LogP) is 2.13. The molecule has 5 heteroatoms. The molecule has 0 bridgehead atoms. The summed E-state index contributed by atoms with van der Waals surface area (Å²) in [6.07, 6.45) is 0.234. The van der Waals surface area contributed by atoms with E-state index in [1.165, 1.54) is 7.11 Å². The fourth-order valence-corrected chi connectivity index (χ4v) is 2.64. The van der Waals surface area contributed by atoms with Gasteiger partial charge in [0.25, 0.3) is 0 Å². The molecule has 0 saturated carbocycles. The fourth-order valence-electron chi connectivity index (χ4n) is 2.15. The van der Waals surface area contributed by atoms with Crippen molar-refractivity contribution in [3.8, 4) is 0 Å². The van der Waals surface area contributed by atoms with Crippen molar-refractivity contribution in [2.75, 3.05) is 18.6 Å². The fraction of sp³-hybridized carbons (Fsp3) is 0.385. The molecule has 18 heavy (non-hydrogen) atoms. The third-order valence-electron chi connectivity index (χ3n) is 3.19. The van der Waals surface area contributed by atoms with Gasteiger partial charge >= 0.3 is 5.97 Å². The second-order valence-corrected chi connectivity index (χ2v) is 5.47. The number of ether oxygens (including phenoxy) is 1. The molecular formula is C13H14INO3. The van der Waals surface area contributed by atoms with Crippen LogP contribution in [-0.2, 0) is 14.3 Å². The first-order valence-corrected chi connectivity index (χ1v) is 6.75. The molecule has 1 aliphatic heterocycles. The Morgan fingerprint density at radius 3 is 2.89 bits per heavy atom. The van der Waals surface area contributed by atoms with Gasteiger partial charge in [0.2, 0.25) is 5.91 Å². The van der Waals surface area contributed by atoms with Crippen LogP contribution in [-0.4, -0.2) is 25.5 Å². The van der Waals surface area contributed by atoms with Crippen molar-refractivity contribution in [2.45, 2.75) is 13.3 Å². The second-order valence-electron chi connectivity index (χ2n) is 4.31. The third kappa shape index (κ3) is 2.36. The third-order valence-corrected chi connectivity index (χ3v) is 4.36. The normalized spacial score (nSPS) is 19.2. The number of esters is 1. The van der Waals surface area contributed by atoms with E-state index in [9.17, 15) is 9.59 Å². The van der Waals surface area contributed by atoms with Crippen molar-refractivity contribution >= 4 is 40.2 Å².